The van der Waals surface area contributed by atoms with E-state index in [1.807, 2.05) is 13.8 Å². The summed E-state index contributed by atoms with van der Waals surface area (Å²) in [5.41, 5.74) is 0.213. The van der Waals surface area contributed by atoms with Crippen molar-refractivity contribution < 1.29 is 14.3 Å². The minimum absolute atomic E-state index is 0.0157. The fourth-order valence-electron chi connectivity index (χ4n) is 3.28. The molecule has 0 heterocycles. The molecule has 0 saturated heterocycles. The van der Waals surface area contributed by atoms with Gasteiger partial charge in [0.05, 0.1) is 11.7 Å². The Labute approximate surface area is 144 Å². The number of rotatable bonds is 5. The molecular weight excluding hydrogens is 304 g/mol. The van der Waals surface area contributed by atoms with Crippen LogP contribution in [0.5, 0.6) is 5.75 Å². The molecule has 1 N–H and O–H groups in total. The fraction of sp³-hybridized carbons (Fsp3) is 0.579. The molecule has 1 aromatic rings. The highest BCUT2D eigenvalue weighted by molar-refractivity contribution is 5.97. The molecule has 0 radical (unpaired) electrons. The van der Waals surface area contributed by atoms with E-state index in [2.05, 4.69) is 18.3 Å². The van der Waals surface area contributed by atoms with E-state index in [4.69, 9.17) is 9.47 Å². The van der Waals surface area contributed by atoms with Crippen molar-refractivity contribution in [2.24, 2.45) is 5.92 Å². The van der Waals surface area contributed by atoms with Crippen LogP contribution in [0.4, 0.5) is 5.69 Å². The summed E-state index contributed by atoms with van der Waals surface area (Å²) in [6.45, 7) is 5.96. The van der Waals surface area contributed by atoms with Crippen molar-refractivity contribution in [2.45, 2.75) is 58.2 Å². The summed E-state index contributed by atoms with van der Waals surface area (Å²) >= 11 is 0. The monoisotopic (exact) mass is 330 g/mol. The van der Waals surface area contributed by atoms with E-state index in [9.17, 15) is 10.1 Å². The molecule has 2 rings (SSSR count). The number of hydrogen-bond acceptors (Lipinski definition) is 4. The van der Waals surface area contributed by atoms with Crippen molar-refractivity contribution in [3.05, 3.63) is 23.8 Å². The zero-order chi connectivity index (χ0) is 17.7. The highest BCUT2D eigenvalue weighted by atomic mass is 16.5. The first-order valence-corrected chi connectivity index (χ1v) is 8.47. The van der Waals surface area contributed by atoms with Gasteiger partial charge in [0.15, 0.2) is 0 Å². The Kier molecular flexibility index (Phi) is 5.84. The number of carbonyl (C=O) groups excluding carboxylic acids is 1. The number of ether oxygens (including phenoxy) is 2. The van der Waals surface area contributed by atoms with Gasteiger partial charge in [-0.25, -0.2) is 0 Å². The van der Waals surface area contributed by atoms with Crippen molar-refractivity contribution in [1.82, 2.24) is 0 Å². The summed E-state index contributed by atoms with van der Waals surface area (Å²) in [5.74, 6) is 0.845. The molecule has 1 aliphatic carbocycles. The van der Waals surface area contributed by atoms with Crippen LogP contribution in [0.3, 0.4) is 0 Å². The van der Waals surface area contributed by atoms with Crippen molar-refractivity contribution >= 4 is 11.6 Å². The Morgan fingerprint density at radius 1 is 1.46 bits per heavy atom. The number of methoxy groups -OCH3 is 1. The van der Waals surface area contributed by atoms with E-state index in [-0.39, 0.29) is 12.0 Å². The summed E-state index contributed by atoms with van der Waals surface area (Å²) in [6.07, 6.45) is 3.53. The van der Waals surface area contributed by atoms with Crippen LogP contribution in [0.1, 0.15) is 52.0 Å². The van der Waals surface area contributed by atoms with E-state index in [0.29, 0.717) is 22.9 Å². The summed E-state index contributed by atoms with van der Waals surface area (Å²) in [7, 11) is 1.60. The number of benzene rings is 1. The molecule has 2 atom stereocenters. The molecule has 0 spiro atoms. The lowest BCUT2D eigenvalue weighted by Crippen LogP contribution is -2.47. The number of hydrogen-bond donors (Lipinski definition) is 1. The zero-order valence-electron chi connectivity index (χ0n) is 14.9. The Morgan fingerprint density at radius 3 is 2.79 bits per heavy atom. The van der Waals surface area contributed by atoms with E-state index < -0.39 is 5.60 Å². The number of amides is 1. The van der Waals surface area contributed by atoms with E-state index in [1.165, 1.54) is 0 Å². The van der Waals surface area contributed by atoms with Gasteiger partial charge in [-0.2, -0.15) is 5.26 Å². The Morgan fingerprint density at radius 2 is 2.21 bits per heavy atom. The molecular formula is C19H26N2O3. The van der Waals surface area contributed by atoms with Crippen LogP contribution in [0, 0.1) is 17.2 Å². The Balaban J connectivity index is 2.18. The van der Waals surface area contributed by atoms with E-state index >= 15 is 0 Å². The highest BCUT2D eigenvalue weighted by Gasteiger charge is 2.42. The van der Waals surface area contributed by atoms with Crippen LogP contribution < -0.4 is 10.1 Å². The van der Waals surface area contributed by atoms with Crippen LogP contribution in [-0.4, -0.2) is 24.7 Å². The molecule has 1 aliphatic rings. The number of nitrogens with one attached hydrogen (secondary N) is 1. The smallest absolute Gasteiger partial charge is 0.256 e. The molecule has 24 heavy (non-hydrogen) atoms. The standard InChI is InChI=1S/C19H26N2O3/c1-13(2)24-17-8-7-16(10-15(17)12-20)21-18(22)19(23-4)9-5-6-14(3)11-19/h7-8,10,13-14H,5-6,9,11H2,1-4H3,(H,21,22)/t14-,19-/m1/s1. The van der Waals surface area contributed by atoms with Crippen LogP contribution in [-0.2, 0) is 9.53 Å². The first kappa shape index (κ1) is 18.3. The highest BCUT2D eigenvalue weighted by Crippen LogP contribution is 2.36. The maximum absolute atomic E-state index is 12.8. The molecule has 5 heteroatoms. The number of nitrogens with zero attached hydrogens (tertiary/aromatic N) is 1. The third-order valence-electron chi connectivity index (χ3n) is 4.48. The summed E-state index contributed by atoms with van der Waals surface area (Å²) in [5, 5.41) is 12.2. The van der Waals surface area contributed by atoms with Gasteiger partial charge < -0.3 is 14.8 Å². The third kappa shape index (κ3) is 4.07. The van der Waals surface area contributed by atoms with Gasteiger partial charge in [-0.15, -0.1) is 0 Å². The fourth-order valence-corrected chi connectivity index (χ4v) is 3.28. The number of anilines is 1. The molecule has 5 nitrogen and oxygen atoms in total. The Hall–Kier alpha value is -2.06. The summed E-state index contributed by atoms with van der Waals surface area (Å²) < 4.78 is 11.2. The van der Waals surface area contributed by atoms with Crippen molar-refractivity contribution in [2.75, 3.05) is 12.4 Å². The predicted molar refractivity (Wildman–Crippen MR) is 92.9 cm³/mol. The van der Waals surface area contributed by atoms with Gasteiger partial charge >= 0.3 is 0 Å². The summed E-state index contributed by atoms with van der Waals surface area (Å²) in [6, 6.07) is 7.24. The van der Waals surface area contributed by atoms with Gasteiger partial charge in [0, 0.05) is 12.8 Å². The molecule has 0 aromatic heterocycles. The van der Waals surface area contributed by atoms with Crippen LogP contribution in [0.15, 0.2) is 18.2 Å². The second kappa shape index (κ2) is 7.67. The zero-order valence-corrected chi connectivity index (χ0v) is 14.9. The molecule has 1 saturated carbocycles. The lowest BCUT2D eigenvalue weighted by molar-refractivity contribution is -0.143. The molecule has 1 aromatic carbocycles. The quantitative estimate of drug-likeness (QED) is 0.889. The molecule has 1 fully saturated rings. The molecule has 0 bridgehead atoms. The average Bonchev–Trinajstić information content (AvgIpc) is 2.55. The van der Waals surface area contributed by atoms with Crippen LogP contribution >= 0.6 is 0 Å². The maximum Gasteiger partial charge on any atom is 0.256 e. The van der Waals surface area contributed by atoms with Gasteiger partial charge in [-0.3, -0.25) is 4.79 Å². The van der Waals surface area contributed by atoms with Gasteiger partial charge in [0.1, 0.15) is 17.4 Å². The van der Waals surface area contributed by atoms with Crippen LogP contribution in [0.2, 0.25) is 0 Å². The SMILES string of the molecule is CO[C@]1(C(=O)Nc2ccc(OC(C)C)c(C#N)c2)CCC[C@@H](C)C1. The number of carbonyl (C=O) groups is 1. The van der Waals surface area contributed by atoms with Gasteiger partial charge in [0.25, 0.3) is 5.91 Å². The lowest BCUT2D eigenvalue weighted by atomic mass is 9.78. The largest absolute Gasteiger partial charge is 0.490 e. The lowest BCUT2D eigenvalue weighted by Gasteiger charge is -2.37. The van der Waals surface area contributed by atoms with Crippen molar-refractivity contribution in [3.63, 3.8) is 0 Å². The second-order valence-corrected chi connectivity index (χ2v) is 6.84. The molecule has 0 unspecified atom stereocenters. The number of nitriles is 1. The van der Waals surface area contributed by atoms with E-state index in [1.54, 1.807) is 25.3 Å². The maximum atomic E-state index is 12.8. The minimum Gasteiger partial charge on any atom is -0.490 e. The van der Waals surface area contributed by atoms with Crippen LogP contribution in [0.25, 0.3) is 0 Å². The topological polar surface area (TPSA) is 71.3 Å². The third-order valence-corrected chi connectivity index (χ3v) is 4.48. The molecule has 1 amide bonds. The molecule has 0 aliphatic heterocycles. The summed E-state index contributed by atoms with van der Waals surface area (Å²) in [4.78, 5) is 12.8. The second-order valence-electron chi connectivity index (χ2n) is 6.84. The van der Waals surface area contributed by atoms with Gasteiger partial charge in [-0.05, 0) is 57.2 Å². The molecule has 130 valence electrons. The van der Waals surface area contributed by atoms with E-state index in [0.717, 1.165) is 25.7 Å². The first-order valence-electron chi connectivity index (χ1n) is 8.47. The Bertz CT molecular complexity index is 636. The first-order chi connectivity index (χ1) is 11.4. The van der Waals surface area contributed by atoms with Crippen molar-refractivity contribution in [1.29, 1.82) is 5.26 Å². The predicted octanol–water partition coefficient (Wildman–Crippen LogP) is 3.88. The van der Waals surface area contributed by atoms with Gasteiger partial charge in [-0.1, -0.05) is 13.3 Å². The van der Waals surface area contributed by atoms with Gasteiger partial charge in [0.2, 0.25) is 0 Å². The van der Waals surface area contributed by atoms with Crippen molar-refractivity contribution in [3.8, 4) is 11.8 Å². The normalized spacial score (nSPS) is 23.6. The average molecular weight is 330 g/mol. The minimum atomic E-state index is -0.780.